The zero-order valence-electron chi connectivity index (χ0n) is 22.1. The summed E-state index contributed by atoms with van der Waals surface area (Å²) in [6.45, 7) is 4.45. The molecule has 0 aromatic heterocycles. The van der Waals surface area contributed by atoms with E-state index in [-0.39, 0.29) is 22.2 Å². The number of carbonyl (C=O) groups excluding carboxylic acids is 1. The van der Waals surface area contributed by atoms with Gasteiger partial charge in [0.2, 0.25) is 10.0 Å². The summed E-state index contributed by atoms with van der Waals surface area (Å²) in [7, 11) is -3.73. The molecular weight excluding hydrogens is 580 g/mol. The van der Waals surface area contributed by atoms with Gasteiger partial charge in [0, 0.05) is 23.8 Å². The number of hydrogen-bond donors (Lipinski definition) is 3. The molecule has 0 bridgehead atoms. The number of hydrogen-bond acceptors (Lipinski definition) is 5. The lowest BCUT2D eigenvalue weighted by Gasteiger charge is -2.24. The number of benzene rings is 2. The van der Waals surface area contributed by atoms with E-state index in [0.717, 1.165) is 69.5 Å². The van der Waals surface area contributed by atoms with Crippen molar-refractivity contribution in [1.82, 2.24) is 9.62 Å². The van der Waals surface area contributed by atoms with E-state index in [1.54, 1.807) is 0 Å². The Morgan fingerprint density at radius 1 is 0.976 bits per heavy atom. The minimum Gasteiger partial charge on any atom is -0.475 e. The number of nitrogens with one attached hydrogen (secondary N) is 2. The summed E-state index contributed by atoms with van der Waals surface area (Å²) in [5.74, 6) is -3.31. The third-order valence-corrected chi connectivity index (χ3v) is 7.64. The van der Waals surface area contributed by atoms with Crippen LogP contribution in [-0.4, -0.2) is 62.2 Å². The molecule has 41 heavy (non-hydrogen) atoms. The summed E-state index contributed by atoms with van der Waals surface area (Å²) >= 11 is 0. The Kier molecular flexibility index (Phi) is 12.2. The van der Waals surface area contributed by atoms with Crippen LogP contribution in [0.3, 0.4) is 0 Å². The summed E-state index contributed by atoms with van der Waals surface area (Å²) in [4.78, 5) is 23.7. The number of sulfonamides is 1. The van der Waals surface area contributed by atoms with Gasteiger partial charge in [-0.2, -0.15) is 26.3 Å². The van der Waals surface area contributed by atoms with Crippen molar-refractivity contribution in [2.24, 2.45) is 0 Å². The molecule has 228 valence electrons. The number of unbranched alkanes of at least 4 members (excludes halogenated alkanes) is 2. The SMILES string of the molecule is CCCCCN1CCCC1CNS(=O)(=O)c1ccc(C(=O)Nc2ccc(C(F)(F)F)cc2)cc1.O=C(O)C(F)(F)F. The number of carbonyl (C=O) groups is 2. The molecule has 0 radical (unpaired) electrons. The van der Waals surface area contributed by atoms with E-state index in [0.29, 0.717) is 6.54 Å². The average Bonchev–Trinajstić information content (AvgIpc) is 3.35. The van der Waals surface area contributed by atoms with Gasteiger partial charge < -0.3 is 10.4 Å². The molecule has 3 rings (SSSR count). The predicted octanol–water partition coefficient (Wildman–Crippen LogP) is 5.52. The Labute approximate surface area is 233 Å². The van der Waals surface area contributed by atoms with Crippen molar-refractivity contribution < 1.29 is 49.5 Å². The van der Waals surface area contributed by atoms with Crippen LogP contribution >= 0.6 is 0 Å². The van der Waals surface area contributed by atoms with Gasteiger partial charge in [-0.3, -0.25) is 9.69 Å². The summed E-state index contributed by atoms with van der Waals surface area (Å²) in [6.07, 6.45) is -4.12. The van der Waals surface area contributed by atoms with Gasteiger partial charge >= 0.3 is 18.3 Å². The minimum atomic E-state index is -5.08. The number of carboxylic acid groups (broad SMARTS) is 1. The molecule has 0 aliphatic carbocycles. The van der Waals surface area contributed by atoms with Crippen molar-refractivity contribution >= 4 is 27.6 Å². The first kappa shape index (κ1) is 34.0. The number of rotatable bonds is 10. The van der Waals surface area contributed by atoms with E-state index in [1.165, 1.54) is 24.3 Å². The van der Waals surface area contributed by atoms with Gasteiger partial charge in [-0.1, -0.05) is 19.8 Å². The van der Waals surface area contributed by atoms with Crippen LogP contribution < -0.4 is 10.0 Å². The number of halogens is 6. The van der Waals surface area contributed by atoms with Crippen LogP contribution in [0.15, 0.2) is 53.4 Å². The number of alkyl halides is 6. The minimum absolute atomic E-state index is 0.0501. The molecule has 1 aliphatic heterocycles. The largest absolute Gasteiger partial charge is 0.490 e. The molecule has 0 spiro atoms. The van der Waals surface area contributed by atoms with E-state index in [4.69, 9.17) is 9.90 Å². The maximum absolute atomic E-state index is 12.7. The summed E-state index contributed by atoms with van der Waals surface area (Å²) < 4.78 is 97.8. The summed E-state index contributed by atoms with van der Waals surface area (Å²) in [5, 5.41) is 9.63. The van der Waals surface area contributed by atoms with E-state index < -0.39 is 39.8 Å². The number of nitrogens with zero attached hydrogens (tertiary/aromatic N) is 1. The van der Waals surface area contributed by atoms with Gasteiger partial charge in [-0.25, -0.2) is 17.9 Å². The fourth-order valence-corrected chi connectivity index (χ4v) is 5.08. The standard InChI is InChI=1S/C24H30F3N3O3S.C2HF3O2/c1-2-3-4-15-30-16-5-6-21(30)17-28-34(32,33)22-13-7-18(8-14-22)23(31)29-20-11-9-19(10-12-20)24(25,26)27;3-2(4,5)1(6)7/h7-14,21,28H,2-6,15-17H2,1H3,(H,29,31);(H,6,7). The molecule has 1 heterocycles. The monoisotopic (exact) mass is 611 g/mol. The van der Waals surface area contributed by atoms with Crippen molar-refractivity contribution in [1.29, 1.82) is 0 Å². The molecule has 8 nitrogen and oxygen atoms in total. The molecular formula is C26H31F6N3O5S. The Bertz CT molecular complexity index is 1250. The molecule has 1 fully saturated rings. The highest BCUT2D eigenvalue weighted by atomic mass is 32.2. The maximum Gasteiger partial charge on any atom is 0.490 e. The van der Waals surface area contributed by atoms with E-state index in [2.05, 4.69) is 21.9 Å². The highest BCUT2D eigenvalue weighted by molar-refractivity contribution is 7.89. The Morgan fingerprint density at radius 2 is 1.56 bits per heavy atom. The maximum atomic E-state index is 12.7. The summed E-state index contributed by atoms with van der Waals surface area (Å²) in [6, 6.07) is 9.71. The normalized spacial score (nSPS) is 16.1. The smallest absolute Gasteiger partial charge is 0.475 e. The molecule has 0 saturated carbocycles. The molecule has 1 aliphatic rings. The van der Waals surface area contributed by atoms with Crippen LogP contribution in [-0.2, 0) is 21.0 Å². The Hall–Kier alpha value is -3.17. The number of amides is 1. The Morgan fingerprint density at radius 3 is 2.07 bits per heavy atom. The van der Waals surface area contributed by atoms with Gasteiger partial charge in [-0.15, -0.1) is 0 Å². The van der Waals surface area contributed by atoms with Gasteiger partial charge in [0.1, 0.15) is 0 Å². The lowest BCUT2D eigenvalue weighted by molar-refractivity contribution is -0.192. The van der Waals surface area contributed by atoms with Crippen molar-refractivity contribution in [2.45, 2.75) is 62.3 Å². The zero-order valence-corrected chi connectivity index (χ0v) is 22.9. The first-order valence-corrected chi connectivity index (χ1v) is 14.2. The fraction of sp³-hybridized carbons (Fsp3) is 0.462. The van der Waals surface area contributed by atoms with Crippen molar-refractivity contribution in [2.75, 3.05) is 25.0 Å². The van der Waals surface area contributed by atoms with Crippen LogP contribution in [0.2, 0.25) is 0 Å². The first-order valence-electron chi connectivity index (χ1n) is 12.7. The van der Waals surface area contributed by atoms with E-state index in [1.807, 2.05) is 0 Å². The third-order valence-electron chi connectivity index (χ3n) is 6.20. The second-order valence-electron chi connectivity index (χ2n) is 9.25. The van der Waals surface area contributed by atoms with Gasteiger partial charge in [0.25, 0.3) is 5.91 Å². The molecule has 15 heteroatoms. The lowest BCUT2D eigenvalue weighted by Crippen LogP contribution is -2.40. The molecule has 2 aromatic carbocycles. The third kappa shape index (κ3) is 11.0. The lowest BCUT2D eigenvalue weighted by atomic mass is 10.2. The quantitative estimate of drug-likeness (QED) is 0.241. The van der Waals surface area contributed by atoms with Crippen molar-refractivity contribution in [3.05, 3.63) is 59.7 Å². The first-order chi connectivity index (χ1) is 19.0. The molecule has 2 aromatic rings. The molecule has 1 saturated heterocycles. The number of aliphatic carboxylic acids is 1. The van der Waals surface area contributed by atoms with E-state index in [9.17, 15) is 39.6 Å². The van der Waals surface area contributed by atoms with Gasteiger partial charge in [0.15, 0.2) is 0 Å². The number of anilines is 1. The van der Waals surface area contributed by atoms with Crippen LogP contribution in [0.5, 0.6) is 0 Å². The summed E-state index contributed by atoms with van der Waals surface area (Å²) in [5.41, 5.74) is -0.414. The van der Waals surface area contributed by atoms with Crippen molar-refractivity contribution in [3.63, 3.8) is 0 Å². The van der Waals surface area contributed by atoms with Crippen LogP contribution in [0.1, 0.15) is 54.9 Å². The molecule has 3 N–H and O–H groups in total. The van der Waals surface area contributed by atoms with Crippen LogP contribution in [0.4, 0.5) is 32.0 Å². The van der Waals surface area contributed by atoms with Gasteiger partial charge in [0.05, 0.1) is 10.5 Å². The number of likely N-dealkylation sites (tertiary alicyclic amines) is 1. The number of carboxylic acids is 1. The second kappa shape index (κ2) is 14.6. The zero-order chi connectivity index (χ0) is 30.8. The van der Waals surface area contributed by atoms with Crippen molar-refractivity contribution in [3.8, 4) is 0 Å². The highest BCUT2D eigenvalue weighted by Gasteiger charge is 2.38. The Balaban J connectivity index is 0.000000745. The predicted molar refractivity (Wildman–Crippen MR) is 139 cm³/mol. The average molecular weight is 612 g/mol. The van der Waals surface area contributed by atoms with E-state index >= 15 is 0 Å². The molecule has 1 unspecified atom stereocenters. The molecule has 1 atom stereocenters. The molecule has 1 amide bonds. The highest BCUT2D eigenvalue weighted by Crippen LogP contribution is 2.30. The topological polar surface area (TPSA) is 116 Å². The second-order valence-corrected chi connectivity index (χ2v) is 11.0. The fourth-order valence-electron chi connectivity index (χ4n) is 4.01. The van der Waals surface area contributed by atoms with Gasteiger partial charge in [-0.05, 0) is 80.9 Å². The van der Waals surface area contributed by atoms with Crippen LogP contribution in [0, 0.1) is 0 Å². The van der Waals surface area contributed by atoms with Crippen LogP contribution in [0.25, 0.3) is 0 Å².